The van der Waals surface area contributed by atoms with Gasteiger partial charge in [-0.25, -0.2) is 4.98 Å². The fourth-order valence-corrected chi connectivity index (χ4v) is 7.67. The average molecular weight is 668 g/mol. The lowest BCUT2D eigenvalue weighted by atomic mass is 10.0. The first-order valence-electron chi connectivity index (χ1n) is 17.6. The highest BCUT2D eigenvalue weighted by molar-refractivity contribution is 6.12. The van der Waals surface area contributed by atoms with E-state index in [4.69, 9.17) is 15.0 Å². The first-order chi connectivity index (χ1) is 25.6. The molecule has 5 heteroatoms. The van der Waals surface area contributed by atoms with Crippen molar-refractivity contribution in [1.82, 2.24) is 24.1 Å². The summed E-state index contributed by atoms with van der Waals surface area (Å²) in [5.41, 5.74) is 12.2. The molecule has 3 heterocycles. The van der Waals surface area contributed by atoms with Crippen LogP contribution in [-0.4, -0.2) is 24.1 Å². The molecule has 0 fully saturated rings. The van der Waals surface area contributed by atoms with Gasteiger partial charge in [-0.1, -0.05) is 114 Å². The van der Waals surface area contributed by atoms with Crippen molar-refractivity contribution in [3.63, 3.8) is 0 Å². The smallest absolute Gasteiger partial charge is 0.238 e. The number of aromatic nitrogens is 5. The molecule has 10 rings (SSSR count). The number of aryl methyl sites for hydroxylation is 2. The van der Waals surface area contributed by atoms with Crippen LogP contribution in [0.5, 0.6) is 0 Å². The molecular formula is C47H33N5. The molecule has 0 bridgehead atoms. The molecule has 5 nitrogen and oxygen atoms in total. The lowest BCUT2D eigenvalue weighted by molar-refractivity contribution is 0.953. The van der Waals surface area contributed by atoms with Crippen molar-refractivity contribution >= 4 is 43.6 Å². The molecule has 52 heavy (non-hydrogen) atoms. The molecule has 246 valence electrons. The van der Waals surface area contributed by atoms with Crippen molar-refractivity contribution < 1.29 is 0 Å². The summed E-state index contributed by atoms with van der Waals surface area (Å²) < 4.78 is 4.54. The standard InChI is InChI=1S/C47H33N5/c1-30-12-10-14-34(26-30)45-48-46(35-15-11-13-31(2)27-35)50-47(49-45)52-42-21-9-7-19-38(42)40-29-33(23-25-44(40)52)32-22-24-43-39(28-32)37-18-6-8-20-41(37)51(43)36-16-4-3-5-17-36/h3-29H,1-2H3. The van der Waals surface area contributed by atoms with E-state index in [0.717, 1.165) is 55.3 Å². The first-order valence-corrected chi connectivity index (χ1v) is 17.6. The summed E-state index contributed by atoms with van der Waals surface area (Å²) in [6.45, 7) is 4.19. The van der Waals surface area contributed by atoms with Gasteiger partial charge in [0, 0.05) is 38.4 Å². The SMILES string of the molecule is Cc1cccc(-c2nc(-c3cccc(C)c3)nc(-n3c4ccccc4c4cc(-c5ccc6c(c5)c5ccccc5n6-c5ccccc5)ccc43)n2)c1. The highest BCUT2D eigenvalue weighted by Gasteiger charge is 2.19. The van der Waals surface area contributed by atoms with Gasteiger partial charge in [-0.05, 0) is 85.6 Å². The fraction of sp³-hybridized carbons (Fsp3) is 0.0426. The van der Waals surface area contributed by atoms with Gasteiger partial charge in [-0.15, -0.1) is 0 Å². The highest BCUT2D eigenvalue weighted by atomic mass is 15.2. The lowest BCUT2D eigenvalue weighted by Crippen LogP contribution is -2.06. The molecule has 0 saturated heterocycles. The molecule has 0 unspecified atom stereocenters. The van der Waals surface area contributed by atoms with E-state index in [9.17, 15) is 0 Å². The van der Waals surface area contributed by atoms with Gasteiger partial charge in [-0.3, -0.25) is 4.57 Å². The Bertz CT molecular complexity index is 2920. The normalized spacial score (nSPS) is 11.7. The Balaban J connectivity index is 1.17. The summed E-state index contributed by atoms with van der Waals surface area (Å²) >= 11 is 0. The van der Waals surface area contributed by atoms with Gasteiger partial charge in [0.1, 0.15) is 0 Å². The predicted octanol–water partition coefficient (Wildman–Crippen LogP) is 11.7. The van der Waals surface area contributed by atoms with Crippen molar-refractivity contribution in [2.24, 2.45) is 0 Å². The summed E-state index contributed by atoms with van der Waals surface area (Å²) in [6.07, 6.45) is 0. The molecular weight excluding hydrogens is 635 g/mol. The van der Waals surface area contributed by atoms with Crippen LogP contribution < -0.4 is 0 Å². The molecule has 10 aromatic rings. The second kappa shape index (κ2) is 11.9. The van der Waals surface area contributed by atoms with Crippen LogP contribution in [0, 0.1) is 13.8 Å². The zero-order valence-electron chi connectivity index (χ0n) is 28.8. The van der Waals surface area contributed by atoms with E-state index in [1.54, 1.807) is 0 Å². The average Bonchev–Trinajstić information content (AvgIpc) is 3.70. The van der Waals surface area contributed by atoms with Crippen LogP contribution in [0.3, 0.4) is 0 Å². The topological polar surface area (TPSA) is 48.5 Å². The number of benzene rings is 7. The minimum absolute atomic E-state index is 0.595. The maximum atomic E-state index is 5.14. The minimum Gasteiger partial charge on any atom is -0.309 e. The maximum absolute atomic E-state index is 5.14. The molecule has 0 spiro atoms. The van der Waals surface area contributed by atoms with Crippen LogP contribution in [0.25, 0.3) is 89.2 Å². The van der Waals surface area contributed by atoms with Gasteiger partial charge < -0.3 is 4.57 Å². The Morgan fingerprint density at radius 1 is 0.346 bits per heavy atom. The summed E-state index contributed by atoms with van der Waals surface area (Å²) in [7, 11) is 0. The van der Waals surface area contributed by atoms with Crippen LogP contribution in [0.4, 0.5) is 0 Å². The second-order valence-corrected chi connectivity index (χ2v) is 13.5. The zero-order chi connectivity index (χ0) is 34.8. The summed E-state index contributed by atoms with van der Waals surface area (Å²) in [5, 5.41) is 4.77. The minimum atomic E-state index is 0.595. The Morgan fingerprint density at radius 3 is 1.38 bits per heavy atom. The molecule has 0 aliphatic carbocycles. The number of nitrogens with zero attached hydrogens (tertiary/aromatic N) is 5. The summed E-state index contributed by atoms with van der Waals surface area (Å²) in [4.78, 5) is 15.3. The monoisotopic (exact) mass is 667 g/mol. The van der Waals surface area contributed by atoms with Crippen molar-refractivity contribution in [1.29, 1.82) is 0 Å². The third kappa shape index (κ3) is 4.89. The van der Waals surface area contributed by atoms with Crippen molar-refractivity contribution in [2.75, 3.05) is 0 Å². The van der Waals surface area contributed by atoms with Crippen LogP contribution in [-0.2, 0) is 0 Å². The van der Waals surface area contributed by atoms with E-state index in [1.165, 1.54) is 27.4 Å². The molecule has 0 aliphatic heterocycles. The van der Waals surface area contributed by atoms with Crippen LogP contribution in [0.2, 0.25) is 0 Å². The van der Waals surface area contributed by atoms with E-state index in [-0.39, 0.29) is 0 Å². The van der Waals surface area contributed by atoms with Crippen molar-refractivity contribution in [3.05, 3.63) is 175 Å². The third-order valence-electron chi connectivity index (χ3n) is 10.1. The van der Waals surface area contributed by atoms with E-state index in [0.29, 0.717) is 17.6 Å². The maximum Gasteiger partial charge on any atom is 0.238 e. The van der Waals surface area contributed by atoms with Gasteiger partial charge in [0.25, 0.3) is 0 Å². The lowest BCUT2D eigenvalue weighted by Gasteiger charge is -2.11. The molecule has 0 aliphatic rings. The van der Waals surface area contributed by atoms with Crippen molar-refractivity contribution in [3.8, 4) is 45.5 Å². The Kier molecular flexibility index (Phi) is 6.86. The van der Waals surface area contributed by atoms with Crippen LogP contribution in [0.1, 0.15) is 11.1 Å². The van der Waals surface area contributed by atoms with E-state index in [1.807, 2.05) is 0 Å². The number of fused-ring (bicyclic) bond motifs is 6. The summed E-state index contributed by atoms with van der Waals surface area (Å²) in [5.74, 6) is 1.89. The van der Waals surface area contributed by atoms with Gasteiger partial charge in [0.15, 0.2) is 11.6 Å². The molecule has 3 aromatic heterocycles. The predicted molar refractivity (Wildman–Crippen MR) is 214 cm³/mol. The van der Waals surface area contributed by atoms with Gasteiger partial charge in [0.2, 0.25) is 5.95 Å². The molecule has 0 radical (unpaired) electrons. The largest absolute Gasteiger partial charge is 0.309 e. The molecule has 0 amide bonds. The number of hydrogen-bond acceptors (Lipinski definition) is 3. The molecule has 0 N–H and O–H groups in total. The second-order valence-electron chi connectivity index (χ2n) is 13.5. The van der Waals surface area contributed by atoms with E-state index >= 15 is 0 Å². The van der Waals surface area contributed by atoms with E-state index < -0.39 is 0 Å². The zero-order valence-corrected chi connectivity index (χ0v) is 28.8. The van der Waals surface area contributed by atoms with Gasteiger partial charge in [-0.2, -0.15) is 9.97 Å². The molecule has 7 aromatic carbocycles. The Hall–Kier alpha value is -6.85. The molecule has 0 saturated carbocycles. The van der Waals surface area contributed by atoms with Gasteiger partial charge in [0.05, 0.1) is 22.1 Å². The first kappa shape index (κ1) is 30.0. The Morgan fingerprint density at radius 2 is 0.827 bits per heavy atom. The highest BCUT2D eigenvalue weighted by Crippen LogP contribution is 2.38. The third-order valence-corrected chi connectivity index (χ3v) is 10.1. The van der Waals surface area contributed by atoms with Crippen LogP contribution in [0.15, 0.2) is 164 Å². The van der Waals surface area contributed by atoms with Crippen molar-refractivity contribution in [2.45, 2.75) is 13.8 Å². The van der Waals surface area contributed by atoms with E-state index in [2.05, 4.69) is 187 Å². The fourth-order valence-electron chi connectivity index (χ4n) is 7.67. The summed E-state index contributed by atoms with van der Waals surface area (Å²) in [6, 6.07) is 58.1. The Labute approximate surface area is 301 Å². The number of hydrogen-bond donors (Lipinski definition) is 0. The number of para-hydroxylation sites is 3. The molecule has 0 atom stereocenters. The van der Waals surface area contributed by atoms with Gasteiger partial charge >= 0.3 is 0 Å². The quantitative estimate of drug-likeness (QED) is 0.184. The number of rotatable bonds is 5. The van der Waals surface area contributed by atoms with Crippen LogP contribution >= 0.6 is 0 Å².